The lowest BCUT2D eigenvalue weighted by Crippen LogP contribution is -2.42. The monoisotopic (exact) mass is 542 g/mol. The fourth-order valence-electron chi connectivity index (χ4n) is 6.00. The smallest absolute Gasteiger partial charge is 0.282 e. The van der Waals surface area contributed by atoms with Crippen LogP contribution in [-0.4, -0.2) is 67.7 Å². The van der Waals surface area contributed by atoms with E-state index >= 15 is 0 Å². The van der Waals surface area contributed by atoms with Crippen molar-refractivity contribution in [2.24, 2.45) is 5.92 Å². The van der Waals surface area contributed by atoms with Crippen LogP contribution in [0, 0.1) is 12.8 Å². The number of pyridine rings is 1. The van der Waals surface area contributed by atoms with E-state index in [0.717, 1.165) is 74.6 Å². The Bertz CT molecular complexity index is 1540. The highest BCUT2D eigenvalue weighted by atomic mass is 16.5. The lowest BCUT2D eigenvalue weighted by atomic mass is 9.97. The Morgan fingerprint density at radius 2 is 2.02 bits per heavy atom. The number of aryl methyl sites for hydroxylation is 1. The van der Waals surface area contributed by atoms with Gasteiger partial charge in [-0.15, -0.1) is 0 Å². The molecule has 2 aliphatic rings. The number of benzene rings is 1. The van der Waals surface area contributed by atoms with E-state index in [2.05, 4.69) is 9.88 Å². The molecule has 0 amide bonds. The van der Waals surface area contributed by atoms with Crippen LogP contribution in [0.2, 0.25) is 0 Å². The predicted octanol–water partition coefficient (Wildman–Crippen LogP) is 4.63. The van der Waals surface area contributed by atoms with Crippen LogP contribution in [0.15, 0.2) is 53.6 Å². The van der Waals surface area contributed by atoms with Gasteiger partial charge in [0.05, 0.1) is 24.1 Å². The highest BCUT2D eigenvalue weighted by Crippen LogP contribution is 2.26. The van der Waals surface area contributed by atoms with E-state index in [-0.39, 0.29) is 11.7 Å². The van der Waals surface area contributed by atoms with Crippen LogP contribution in [0.4, 0.5) is 0 Å². The number of likely N-dealkylation sites (tertiary alicyclic amines) is 1. The molecule has 0 radical (unpaired) electrons. The number of hydrogen-bond acceptors (Lipinski definition) is 7. The number of hydrogen-bond donors (Lipinski definition) is 0. The topological polar surface area (TPSA) is 87.3 Å². The highest BCUT2D eigenvalue weighted by molar-refractivity contribution is 5.76. The van der Waals surface area contributed by atoms with Gasteiger partial charge in [0, 0.05) is 49.8 Å². The first-order valence-corrected chi connectivity index (χ1v) is 14.5. The molecule has 1 aromatic carbocycles. The van der Waals surface area contributed by atoms with E-state index in [1.165, 1.54) is 0 Å². The molecule has 2 atom stereocenters. The molecule has 0 N–H and O–H groups in total. The van der Waals surface area contributed by atoms with Gasteiger partial charge in [0.15, 0.2) is 5.52 Å². The Kier molecular flexibility index (Phi) is 7.67. The molecule has 0 bridgehead atoms. The normalized spacial score (nSPS) is 20.0. The van der Waals surface area contributed by atoms with Gasteiger partial charge < -0.3 is 14.4 Å². The molecular formula is C31H38N6O3. The van der Waals surface area contributed by atoms with E-state index in [4.69, 9.17) is 19.6 Å². The maximum atomic E-state index is 14.1. The van der Waals surface area contributed by atoms with Gasteiger partial charge in [0.1, 0.15) is 17.1 Å². The summed E-state index contributed by atoms with van der Waals surface area (Å²) in [4.78, 5) is 26.1. The van der Waals surface area contributed by atoms with Gasteiger partial charge in [0.25, 0.3) is 5.56 Å². The van der Waals surface area contributed by atoms with Gasteiger partial charge in [-0.3, -0.25) is 14.3 Å². The van der Waals surface area contributed by atoms with Gasteiger partial charge in [-0.25, -0.2) is 9.67 Å². The Labute approximate surface area is 234 Å². The van der Waals surface area contributed by atoms with Crippen LogP contribution in [0.1, 0.15) is 45.2 Å². The van der Waals surface area contributed by atoms with Crippen molar-refractivity contribution in [3.8, 4) is 22.8 Å². The number of aromatic nitrogens is 5. The molecule has 0 unspecified atom stereocenters. The Balaban J connectivity index is 1.37. The summed E-state index contributed by atoms with van der Waals surface area (Å²) >= 11 is 0. The van der Waals surface area contributed by atoms with Gasteiger partial charge in [-0.2, -0.15) is 5.10 Å². The zero-order valence-corrected chi connectivity index (χ0v) is 23.6. The minimum absolute atomic E-state index is 0.0625. The highest BCUT2D eigenvalue weighted by Gasteiger charge is 2.27. The van der Waals surface area contributed by atoms with Crippen molar-refractivity contribution in [1.82, 2.24) is 29.2 Å². The van der Waals surface area contributed by atoms with Crippen molar-refractivity contribution in [3.63, 3.8) is 0 Å². The lowest BCUT2D eigenvalue weighted by Gasteiger charge is -2.34. The third-order valence-corrected chi connectivity index (χ3v) is 7.86. The third-order valence-electron chi connectivity index (χ3n) is 7.86. The first-order valence-electron chi connectivity index (χ1n) is 14.5. The van der Waals surface area contributed by atoms with Crippen LogP contribution in [0.5, 0.6) is 5.75 Å². The van der Waals surface area contributed by atoms with E-state index < -0.39 is 0 Å². The number of nitrogens with zero attached hydrogens (tertiary/aromatic N) is 6. The molecule has 2 saturated heterocycles. The lowest BCUT2D eigenvalue weighted by molar-refractivity contribution is 0.0545. The molecule has 0 saturated carbocycles. The van der Waals surface area contributed by atoms with Gasteiger partial charge in [-0.1, -0.05) is 6.07 Å². The van der Waals surface area contributed by atoms with Crippen LogP contribution < -0.4 is 10.3 Å². The average molecular weight is 543 g/mol. The molecule has 6 rings (SSSR count). The summed E-state index contributed by atoms with van der Waals surface area (Å²) in [6.07, 6.45) is 8.48. The molecule has 4 aromatic rings. The summed E-state index contributed by atoms with van der Waals surface area (Å²) < 4.78 is 15.3. The van der Waals surface area contributed by atoms with Crippen molar-refractivity contribution in [1.29, 1.82) is 0 Å². The molecular weight excluding hydrogens is 504 g/mol. The van der Waals surface area contributed by atoms with Crippen LogP contribution in [0.25, 0.3) is 28.1 Å². The maximum absolute atomic E-state index is 14.1. The summed E-state index contributed by atoms with van der Waals surface area (Å²) in [5, 5.41) is 4.72. The molecule has 210 valence electrons. The van der Waals surface area contributed by atoms with Crippen LogP contribution in [0.3, 0.4) is 0 Å². The zero-order valence-electron chi connectivity index (χ0n) is 23.6. The van der Waals surface area contributed by atoms with Gasteiger partial charge in [-0.05, 0) is 83.2 Å². The molecule has 40 heavy (non-hydrogen) atoms. The summed E-state index contributed by atoms with van der Waals surface area (Å²) in [7, 11) is 0. The number of ether oxygens (including phenoxy) is 2. The summed E-state index contributed by atoms with van der Waals surface area (Å²) in [6, 6.07) is 11.6. The predicted molar refractivity (Wildman–Crippen MR) is 155 cm³/mol. The van der Waals surface area contributed by atoms with Crippen LogP contribution in [-0.2, 0) is 11.3 Å². The second-order valence-corrected chi connectivity index (χ2v) is 11.4. The second-order valence-electron chi connectivity index (χ2n) is 11.4. The molecule has 5 heterocycles. The van der Waals surface area contributed by atoms with Crippen molar-refractivity contribution in [2.75, 3.05) is 26.2 Å². The largest absolute Gasteiger partial charge is 0.491 e. The average Bonchev–Trinajstić information content (AvgIpc) is 3.61. The van der Waals surface area contributed by atoms with E-state index in [9.17, 15) is 4.79 Å². The molecule has 2 fully saturated rings. The fourth-order valence-corrected chi connectivity index (χ4v) is 6.00. The molecule has 0 spiro atoms. The van der Waals surface area contributed by atoms with Crippen molar-refractivity contribution >= 4 is 11.0 Å². The molecule has 3 aromatic heterocycles. The standard InChI is InChI=1S/C31H38N6O3/c1-21(2)40-25-10-4-9-24(16-25)37-20-28-29(34-37)31(38)36(30(33-28)27-12-5-13-32-22(27)3)18-23-8-6-14-35(17-23)19-26-11-7-15-39-26/h4-5,9-10,12-13,16,20-21,23,26H,6-8,11,14-15,17-19H2,1-3H3/t23-,26+/m0/s1. The SMILES string of the molecule is Cc1ncccc1-c1nc2cn(-c3cccc(OC(C)C)c3)nc2c(=O)n1C[C@H]1CCCN(C[C@H]2CCCO2)C1. The van der Waals surface area contributed by atoms with Gasteiger partial charge >= 0.3 is 0 Å². The summed E-state index contributed by atoms with van der Waals surface area (Å²) in [5.41, 5.74) is 3.35. The second kappa shape index (κ2) is 11.5. The van der Waals surface area contributed by atoms with Crippen molar-refractivity contribution in [2.45, 2.75) is 65.2 Å². The minimum Gasteiger partial charge on any atom is -0.491 e. The minimum atomic E-state index is -0.118. The summed E-state index contributed by atoms with van der Waals surface area (Å²) in [5.74, 6) is 1.75. The molecule has 2 aliphatic heterocycles. The first kappa shape index (κ1) is 26.7. The molecule has 9 nitrogen and oxygen atoms in total. The molecule has 0 aliphatic carbocycles. The van der Waals surface area contributed by atoms with E-state index in [1.54, 1.807) is 10.9 Å². The first-order chi connectivity index (χ1) is 19.4. The van der Waals surface area contributed by atoms with Crippen molar-refractivity contribution in [3.05, 3.63) is 64.8 Å². The number of fused-ring (bicyclic) bond motifs is 1. The fraction of sp³-hybridized carbons (Fsp3) is 0.484. The van der Waals surface area contributed by atoms with Crippen molar-refractivity contribution < 1.29 is 9.47 Å². The van der Waals surface area contributed by atoms with Crippen LogP contribution >= 0.6 is 0 Å². The Morgan fingerprint density at radius 1 is 1.12 bits per heavy atom. The number of piperidine rings is 1. The quantitative estimate of drug-likeness (QED) is 0.321. The van der Waals surface area contributed by atoms with E-state index in [1.807, 2.05) is 67.9 Å². The zero-order chi connectivity index (χ0) is 27.6. The Morgan fingerprint density at radius 3 is 2.83 bits per heavy atom. The van der Waals surface area contributed by atoms with E-state index in [0.29, 0.717) is 35.4 Å². The third kappa shape index (κ3) is 5.67. The molecule has 9 heteroatoms. The number of rotatable bonds is 8. The maximum Gasteiger partial charge on any atom is 0.282 e. The summed E-state index contributed by atoms with van der Waals surface area (Å²) in [6.45, 7) is 10.4. The Hall–Kier alpha value is -3.56. The van der Waals surface area contributed by atoms with Gasteiger partial charge in [0.2, 0.25) is 0 Å².